The fourth-order valence-electron chi connectivity index (χ4n) is 0.784. The molecule has 0 aliphatic heterocycles. The van der Waals surface area contributed by atoms with Gasteiger partial charge in [0.1, 0.15) is 0 Å². The molecular weight excluding hydrogens is 239 g/mol. The molecule has 0 bridgehead atoms. The highest BCUT2D eigenvalue weighted by atomic mass is 127. The van der Waals surface area contributed by atoms with E-state index >= 15 is 0 Å². The molecule has 0 unspecified atom stereocenters. The van der Waals surface area contributed by atoms with Gasteiger partial charge >= 0.3 is 0 Å². The number of hydrogen-bond donors (Lipinski definition) is 1. The van der Waals surface area contributed by atoms with Gasteiger partial charge in [0.15, 0.2) is 0 Å². The molecule has 0 heterocycles. The number of rotatable bonds is 5. The van der Waals surface area contributed by atoms with Crippen molar-refractivity contribution in [3.05, 3.63) is 10.2 Å². The van der Waals surface area contributed by atoms with Crippen LogP contribution in [-0.4, -0.2) is 11.2 Å². The van der Waals surface area contributed by atoms with Gasteiger partial charge in [-0.2, -0.15) is 0 Å². The number of aliphatic hydroxyl groups excluding tert-OH is 1. The van der Waals surface area contributed by atoms with Crippen molar-refractivity contribution in [2.24, 2.45) is 0 Å². The average Bonchev–Trinajstić information content (AvgIpc) is 1.89. The third kappa shape index (κ3) is 6.55. The maximum Gasteiger partial charge on any atom is 0.0728 e. The fourth-order valence-corrected chi connectivity index (χ4v) is 1.26. The minimum absolute atomic E-state index is 0.219. The molecule has 2 heteroatoms. The highest BCUT2D eigenvalue weighted by Gasteiger charge is 1.96. The highest BCUT2D eigenvalue weighted by Crippen LogP contribution is 2.04. The van der Waals surface area contributed by atoms with Crippen molar-refractivity contribution < 1.29 is 5.11 Å². The summed E-state index contributed by atoms with van der Waals surface area (Å²) in [6.45, 7) is 2.17. The minimum Gasteiger partial charge on any atom is -0.389 e. The number of halogens is 1. The van der Waals surface area contributed by atoms with Crippen LogP contribution in [0.3, 0.4) is 0 Å². The van der Waals surface area contributed by atoms with Crippen molar-refractivity contribution >= 4 is 22.6 Å². The molecule has 0 spiro atoms. The Morgan fingerprint density at radius 1 is 1.50 bits per heavy atom. The zero-order valence-corrected chi connectivity index (χ0v) is 8.54. The topological polar surface area (TPSA) is 20.2 Å². The molecule has 10 heavy (non-hydrogen) atoms. The fraction of sp³-hybridized carbons (Fsp3) is 0.750. The van der Waals surface area contributed by atoms with Gasteiger partial charge < -0.3 is 5.11 Å². The molecular formula is C8H15IO. The molecule has 0 aromatic heterocycles. The molecule has 1 atom stereocenters. The van der Waals surface area contributed by atoms with Crippen molar-refractivity contribution in [1.29, 1.82) is 0 Å². The van der Waals surface area contributed by atoms with E-state index in [0.717, 1.165) is 12.8 Å². The molecule has 0 rings (SSSR count). The Hall–Kier alpha value is 0.430. The summed E-state index contributed by atoms with van der Waals surface area (Å²) in [5.74, 6) is 0. The smallest absolute Gasteiger partial charge is 0.0728 e. The van der Waals surface area contributed by atoms with Gasteiger partial charge in [-0.25, -0.2) is 0 Å². The van der Waals surface area contributed by atoms with Crippen molar-refractivity contribution in [3.63, 3.8) is 0 Å². The van der Waals surface area contributed by atoms with Crippen LogP contribution in [0.15, 0.2) is 10.2 Å². The van der Waals surface area contributed by atoms with E-state index in [0.29, 0.717) is 0 Å². The lowest BCUT2D eigenvalue weighted by atomic mass is 10.1. The zero-order valence-electron chi connectivity index (χ0n) is 6.39. The van der Waals surface area contributed by atoms with Crippen molar-refractivity contribution in [2.45, 2.75) is 38.7 Å². The van der Waals surface area contributed by atoms with Crippen LogP contribution in [-0.2, 0) is 0 Å². The normalized spacial score (nSPS) is 14.3. The van der Waals surface area contributed by atoms with E-state index in [1.54, 1.807) is 0 Å². The van der Waals surface area contributed by atoms with E-state index in [2.05, 4.69) is 29.5 Å². The second kappa shape index (κ2) is 7.54. The molecule has 60 valence electrons. The van der Waals surface area contributed by atoms with Crippen LogP contribution in [0, 0.1) is 0 Å². The predicted molar refractivity (Wildman–Crippen MR) is 53.3 cm³/mol. The first-order valence-electron chi connectivity index (χ1n) is 3.76. The molecule has 1 nitrogen and oxygen atoms in total. The second-order valence-corrected chi connectivity index (χ2v) is 3.10. The van der Waals surface area contributed by atoms with E-state index < -0.39 is 0 Å². The van der Waals surface area contributed by atoms with Crippen LogP contribution in [0.4, 0.5) is 0 Å². The van der Waals surface area contributed by atoms with E-state index in [-0.39, 0.29) is 6.10 Å². The SMILES string of the molecule is CCCCC[C@H](O)/C=C\I. The van der Waals surface area contributed by atoms with Crippen molar-refractivity contribution in [2.75, 3.05) is 0 Å². The summed E-state index contributed by atoms with van der Waals surface area (Å²) in [4.78, 5) is 0. The molecule has 1 N–H and O–H groups in total. The first-order valence-corrected chi connectivity index (χ1v) is 5.00. The number of hydrogen-bond acceptors (Lipinski definition) is 1. The second-order valence-electron chi connectivity index (χ2n) is 2.38. The van der Waals surface area contributed by atoms with Gasteiger partial charge in [-0.15, -0.1) is 0 Å². The number of aliphatic hydroxyl groups is 1. The summed E-state index contributed by atoms with van der Waals surface area (Å²) >= 11 is 2.12. The Morgan fingerprint density at radius 2 is 2.20 bits per heavy atom. The molecule has 0 aromatic carbocycles. The van der Waals surface area contributed by atoms with Gasteiger partial charge in [-0.1, -0.05) is 54.9 Å². The van der Waals surface area contributed by atoms with Crippen LogP contribution >= 0.6 is 22.6 Å². The quantitative estimate of drug-likeness (QED) is 0.590. The van der Waals surface area contributed by atoms with Crippen molar-refractivity contribution in [1.82, 2.24) is 0 Å². The first kappa shape index (κ1) is 10.4. The minimum atomic E-state index is -0.219. The predicted octanol–water partition coefficient (Wildman–Crippen LogP) is 2.88. The van der Waals surface area contributed by atoms with Crippen LogP contribution in [0.25, 0.3) is 0 Å². The molecule has 0 aliphatic carbocycles. The van der Waals surface area contributed by atoms with Gasteiger partial charge in [-0.05, 0) is 10.5 Å². The zero-order chi connectivity index (χ0) is 7.82. The summed E-state index contributed by atoms with van der Waals surface area (Å²) in [7, 11) is 0. The van der Waals surface area contributed by atoms with Gasteiger partial charge in [0.25, 0.3) is 0 Å². The molecule has 0 amide bonds. The third-order valence-corrected chi connectivity index (χ3v) is 1.81. The Balaban J connectivity index is 3.13. The monoisotopic (exact) mass is 254 g/mol. The van der Waals surface area contributed by atoms with Gasteiger partial charge in [0, 0.05) is 0 Å². The Morgan fingerprint density at radius 3 is 2.70 bits per heavy atom. The summed E-state index contributed by atoms with van der Waals surface area (Å²) in [6.07, 6.45) is 6.11. The molecule has 0 fully saturated rings. The Labute approximate surface area is 76.7 Å². The van der Waals surface area contributed by atoms with Crippen LogP contribution in [0.2, 0.25) is 0 Å². The largest absolute Gasteiger partial charge is 0.389 e. The van der Waals surface area contributed by atoms with Crippen LogP contribution in [0.1, 0.15) is 32.6 Å². The molecule has 0 aliphatic rings. The standard InChI is InChI=1S/C8H15IO/c1-2-3-4-5-8(10)6-7-9/h6-8,10H,2-5H2,1H3/b7-6-/t8-/m0/s1. The maximum absolute atomic E-state index is 9.18. The summed E-state index contributed by atoms with van der Waals surface area (Å²) in [6, 6.07) is 0. The Kier molecular flexibility index (Phi) is 7.86. The Bertz CT molecular complexity index is 91.3. The van der Waals surface area contributed by atoms with Gasteiger partial charge in [-0.3, -0.25) is 0 Å². The van der Waals surface area contributed by atoms with Crippen LogP contribution in [0.5, 0.6) is 0 Å². The van der Waals surface area contributed by atoms with E-state index in [4.69, 9.17) is 0 Å². The molecule has 0 radical (unpaired) electrons. The maximum atomic E-state index is 9.18. The lowest BCUT2D eigenvalue weighted by Gasteiger charge is -2.02. The molecule has 0 saturated heterocycles. The van der Waals surface area contributed by atoms with E-state index in [1.807, 2.05) is 10.2 Å². The van der Waals surface area contributed by atoms with Gasteiger partial charge in [0.2, 0.25) is 0 Å². The first-order chi connectivity index (χ1) is 4.81. The summed E-state index contributed by atoms with van der Waals surface area (Å²) in [5, 5.41) is 9.18. The van der Waals surface area contributed by atoms with Crippen molar-refractivity contribution in [3.8, 4) is 0 Å². The lowest BCUT2D eigenvalue weighted by Crippen LogP contribution is -2.00. The number of unbranched alkanes of at least 4 members (excludes halogenated alkanes) is 2. The molecule has 0 saturated carbocycles. The molecule has 0 aromatic rings. The lowest BCUT2D eigenvalue weighted by molar-refractivity contribution is 0.208. The summed E-state index contributed by atoms with van der Waals surface area (Å²) in [5.41, 5.74) is 0. The van der Waals surface area contributed by atoms with E-state index in [9.17, 15) is 5.11 Å². The third-order valence-electron chi connectivity index (χ3n) is 1.40. The van der Waals surface area contributed by atoms with Gasteiger partial charge in [0.05, 0.1) is 6.10 Å². The summed E-state index contributed by atoms with van der Waals surface area (Å²) < 4.78 is 1.87. The van der Waals surface area contributed by atoms with E-state index in [1.165, 1.54) is 12.8 Å². The highest BCUT2D eigenvalue weighted by molar-refractivity contribution is 14.1. The van der Waals surface area contributed by atoms with Crippen LogP contribution < -0.4 is 0 Å². The average molecular weight is 254 g/mol.